The smallest absolute Gasteiger partial charge is 0.308 e. The van der Waals surface area contributed by atoms with Gasteiger partial charge in [0.15, 0.2) is 0 Å². The molecule has 0 aliphatic heterocycles. The summed E-state index contributed by atoms with van der Waals surface area (Å²) in [5.74, 6) is -0.852. The molecule has 2 unspecified atom stereocenters. The van der Waals surface area contributed by atoms with Crippen LogP contribution in [0.5, 0.6) is 0 Å². The van der Waals surface area contributed by atoms with Gasteiger partial charge in [-0.1, -0.05) is 91.1 Å². The van der Waals surface area contributed by atoms with E-state index in [0.29, 0.717) is 6.42 Å². The zero-order valence-electron chi connectivity index (χ0n) is 20.6. The van der Waals surface area contributed by atoms with Crippen LogP contribution >= 0.6 is 0 Å². The van der Waals surface area contributed by atoms with Gasteiger partial charge in [-0.25, -0.2) is 0 Å². The van der Waals surface area contributed by atoms with Gasteiger partial charge in [-0.2, -0.15) is 0 Å². The minimum absolute atomic E-state index is 0.269. The molecule has 0 aromatic carbocycles. The molecule has 0 aromatic rings. The molecule has 0 amide bonds. The summed E-state index contributed by atoms with van der Waals surface area (Å²) in [7, 11) is 0. The SMILES string of the molecule is CCCCCCCCC(=O)OC1(N)C=CC(CC)=CC1(N)OC(=O)CCCCCCCC. The Morgan fingerprint density at radius 3 is 1.62 bits per heavy atom. The number of carbonyl (C=O) groups excluding carboxylic acids is 2. The average molecular weight is 451 g/mol. The fraction of sp³-hybridized carbons (Fsp3) is 0.769. The van der Waals surface area contributed by atoms with E-state index in [1.165, 1.54) is 38.5 Å². The van der Waals surface area contributed by atoms with E-state index in [1.54, 1.807) is 18.2 Å². The summed E-state index contributed by atoms with van der Waals surface area (Å²) in [6, 6.07) is 0. The summed E-state index contributed by atoms with van der Waals surface area (Å²) in [6.45, 7) is 6.32. The van der Waals surface area contributed by atoms with Crippen LogP contribution in [0.3, 0.4) is 0 Å². The lowest BCUT2D eigenvalue weighted by Gasteiger charge is -2.42. The van der Waals surface area contributed by atoms with E-state index < -0.39 is 23.4 Å². The minimum Gasteiger partial charge on any atom is -0.434 e. The van der Waals surface area contributed by atoms with Gasteiger partial charge < -0.3 is 9.47 Å². The summed E-state index contributed by atoms with van der Waals surface area (Å²) in [5.41, 5.74) is 10.3. The molecule has 0 saturated carbocycles. The van der Waals surface area contributed by atoms with Crippen molar-refractivity contribution in [2.45, 2.75) is 129 Å². The molecule has 2 atom stereocenters. The van der Waals surface area contributed by atoms with Crippen molar-refractivity contribution < 1.29 is 19.1 Å². The molecular formula is C26H46N2O4. The van der Waals surface area contributed by atoms with E-state index in [2.05, 4.69) is 13.8 Å². The van der Waals surface area contributed by atoms with Crippen LogP contribution < -0.4 is 11.5 Å². The first kappa shape index (κ1) is 28.4. The van der Waals surface area contributed by atoms with Crippen molar-refractivity contribution in [1.82, 2.24) is 0 Å². The van der Waals surface area contributed by atoms with Crippen LogP contribution in [0.4, 0.5) is 0 Å². The van der Waals surface area contributed by atoms with E-state index >= 15 is 0 Å². The lowest BCUT2D eigenvalue weighted by molar-refractivity contribution is -0.192. The fourth-order valence-electron chi connectivity index (χ4n) is 3.82. The Morgan fingerprint density at radius 2 is 1.16 bits per heavy atom. The van der Waals surface area contributed by atoms with Gasteiger partial charge in [0.05, 0.1) is 0 Å². The van der Waals surface area contributed by atoms with E-state index in [4.69, 9.17) is 20.9 Å². The molecule has 6 nitrogen and oxygen atoms in total. The van der Waals surface area contributed by atoms with Gasteiger partial charge in [-0.05, 0) is 37.0 Å². The number of rotatable bonds is 17. The number of hydrogen-bond acceptors (Lipinski definition) is 6. The Kier molecular flexibility index (Phi) is 13.5. The Morgan fingerprint density at radius 1 is 0.719 bits per heavy atom. The second kappa shape index (κ2) is 15.2. The van der Waals surface area contributed by atoms with Crippen molar-refractivity contribution in [2.75, 3.05) is 0 Å². The standard InChI is InChI=1S/C26H46N2O4/c1-4-7-9-11-13-15-17-23(29)31-25(27)20-19-22(6-3)21-26(25,28)32-24(30)18-16-14-12-10-8-5-2/h19-21H,4-18,27-28H2,1-3H3. The lowest BCUT2D eigenvalue weighted by Crippen LogP contribution is -2.68. The van der Waals surface area contributed by atoms with Crippen LogP contribution in [0.25, 0.3) is 0 Å². The molecular weight excluding hydrogens is 404 g/mol. The molecule has 32 heavy (non-hydrogen) atoms. The average Bonchev–Trinajstić information content (AvgIpc) is 2.75. The topological polar surface area (TPSA) is 105 Å². The van der Waals surface area contributed by atoms with Crippen molar-refractivity contribution >= 4 is 11.9 Å². The first-order chi connectivity index (χ1) is 15.3. The number of nitrogens with two attached hydrogens (primary N) is 2. The maximum absolute atomic E-state index is 12.5. The third-order valence-corrected chi connectivity index (χ3v) is 6.00. The summed E-state index contributed by atoms with van der Waals surface area (Å²) in [5, 5.41) is 0. The lowest BCUT2D eigenvalue weighted by atomic mass is 9.90. The van der Waals surface area contributed by atoms with E-state index in [-0.39, 0.29) is 12.8 Å². The minimum atomic E-state index is -1.72. The number of hydrogen-bond donors (Lipinski definition) is 2. The number of esters is 2. The highest BCUT2D eigenvalue weighted by Crippen LogP contribution is 2.32. The second-order valence-electron chi connectivity index (χ2n) is 8.98. The summed E-state index contributed by atoms with van der Waals surface area (Å²) in [4.78, 5) is 25.0. The number of allylic oxidation sites excluding steroid dienone is 2. The Balaban J connectivity index is 2.64. The van der Waals surface area contributed by atoms with Crippen LogP contribution in [0.15, 0.2) is 23.8 Å². The fourth-order valence-corrected chi connectivity index (χ4v) is 3.82. The third-order valence-electron chi connectivity index (χ3n) is 6.00. The predicted octanol–water partition coefficient (Wildman–Crippen LogP) is 5.79. The van der Waals surface area contributed by atoms with E-state index in [9.17, 15) is 9.59 Å². The number of ether oxygens (including phenoxy) is 2. The van der Waals surface area contributed by atoms with E-state index in [0.717, 1.165) is 44.1 Å². The van der Waals surface area contributed by atoms with Gasteiger partial charge in [-0.15, -0.1) is 0 Å². The van der Waals surface area contributed by atoms with Crippen molar-refractivity contribution in [3.05, 3.63) is 23.8 Å². The van der Waals surface area contributed by atoms with Crippen LogP contribution in [0.1, 0.15) is 117 Å². The van der Waals surface area contributed by atoms with Gasteiger partial charge in [0.25, 0.3) is 0 Å². The van der Waals surface area contributed by atoms with Gasteiger partial charge in [0, 0.05) is 12.8 Å². The van der Waals surface area contributed by atoms with Crippen molar-refractivity contribution in [1.29, 1.82) is 0 Å². The molecule has 4 N–H and O–H groups in total. The Labute approximate surface area is 195 Å². The first-order valence-corrected chi connectivity index (χ1v) is 12.7. The normalized spacial score (nSPS) is 22.5. The highest BCUT2D eigenvalue weighted by molar-refractivity contribution is 5.72. The molecule has 0 aromatic heterocycles. The molecule has 1 aliphatic carbocycles. The van der Waals surface area contributed by atoms with Crippen LogP contribution in [-0.4, -0.2) is 23.4 Å². The zero-order chi connectivity index (χ0) is 23.9. The Bertz CT molecular complexity index is 631. The number of unbranched alkanes of at least 4 members (excludes halogenated alkanes) is 10. The summed E-state index contributed by atoms with van der Waals surface area (Å²) in [6.07, 6.45) is 19.0. The monoisotopic (exact) mass is 450 g/mol. The molecule has 0 radical (unpaired) electrons. The molecule has 0 heterocycles. The molecule has 0 spiro atoms. The summed E-state index contributed by atoms with van der Waals surface area (Å²) < 4.78 is 11.2. The maximum atomic E-state index is 12.5. The predicted molar refractivity (Wildman–Crippen MR) is 130 cm³/mol. The number of carbonyl (C=O) groups is 2. The zero-order valence-corrected chi connectivity index (χ0v) is 20.6. The molecule has 6 heteroatoms. The maximum Gasteiger partial charge on any atom is 0.308 e. The van der Waals surface area contributed by atoms with Gasteiger partial charge >= 0.3 is 11.9 Å². The second-order valence-corrected chi connectivity index (χ2v) is 8.98. The highest BCUT2D eigenvalue weighted by atomic mass is 16.6. The van der Waals surface area contributed by atoms with Crippen LogP contribution in [0.2, 0.25) is 0 Å². The van der Waals surface area contributed by atoms with Gasteiger partial charge in [0.2, 0.25) is 11.4 Å². The quantitative estimate of drug-likeness (QED) is 0.165. The molecule has 1 aliphatic rings. The van der Waals surface area contributed by atoms with Crippen molar-refractivity contribution in [3.63, 3.8) is 0 Å². The van der Waals surface area contributed by atoms with Crippen LogP contribution in [0, 0.1) is 0 Å². The highest BCUT2D eigenvalue weighted by Gasteiger charge is 2.51. The molecule has 184 valence electrons. The molecule has 0 bridgehead atoms. The van der Waals surface area contributed by atoms with Gasteiger partial charge in [-0.3, -0.25) is 21.1 Å². The van der Waals surface area contributed by atoms with E-state index in [1.807, 2.05) is 6.92 Å². The summed E-state index contributed by atoms with van der Waals surface area (Å²) >= 11 is 0. The molecule has 1 rings (SSSR count). The third kappa shape index (κ3) is 9.86. The first-order valence-electron chi connectivity index (χ1n) is 12.7. The van der Waals surface area contributed by atoms with Gasteiger partial charge in [0.1, 0.15) is 0 Å². The van der Waals surface area contributed by atoms with Crippen molar-refractivity contribution in [3.8, 4) is 0 Å². The van der Waals surface area contributed by atoms with Crippen molar-refractivity contribution in [2.24, 2.45) is 11.5 Å². The molecule has 0 saturated heterocycles. The van der Waals surface area contributed by atoms with Crippen LogP contribution in [-0.2, 0) is 19.1 Å². The molecule has 0 fully saturated rings. The largest absolute Gasteiger partial charge is 0.434 e. The Hall–Kier alpha value is -1.66.